The topological polar surface area (TPSA) is 50.8 Å². The van der Waals surface area contributed by atoms with Gasteiger partial charge in [-0.25, -0.2) is 0 Å². The summed E-state index contributed by atoms with van der Waals surface area (Å²) in [6.45, 7) is 3.53. The largest absolute Gasteiger partial charge is 0.497 e. The SMILES string of the molecule is COc1cccc(C(=O)NCCN2CC3CCC(C2)O3)c1. The summed E-state index contributed by atoms with van der Waals surface area (Å²) < 4.78 is 10.9. The molecular weight excluding hydrogens is 268 g/mol. The second-order valence-corrected chi connectivity index (χ2v) is 5.70. The predicted molar refractivity (Wildman–Crippen MR) is 79.7 cm³/mol. The fourth-order valence-electron chi connectivity index (χ4n) is 3.08. The van der Waals surface area contributed by atoms with Crippen molar-refractivity contribution < 1.29 is 14.3 Å². The van der Waals surface area contributed by atoms with Crippen molar-refractivity contribution in [2.45, 2.75) is 25.0 Å². The van der Waals surface area contributed by atoms with Crippen LogP contribution in [0.25, 0.3) is 0 Å². The van der Waals surface area contributed by atoms with Gasteiger partial charge >= 0.3 is 0 Å². The Morgan fingerprint density at radius 1 is 1.38 bits per heavy atom. The van der Waals surface area contributed by atoms with E-state index in [4.69, 9.17) is 9.47 Å². The van der Waals surface area contributed by atoms with E-state index in [0.29, 0.717) is 30.1 Å². The molecule has 1 aromatic rings. The molecule has 3 rings (SSSR count). The molecule has 114 valence electrons. The number of ether oxygens (including phenoxy) is 2. The molecule has 0 saturated carbocycles. The Kier molecular flexibility index (Phi) is 4.41. The maximum absolute atomic E-state index is 12.1. The Morgan fingerprint density at radius 2 is 2.14 bits per heavy atom. The predicted octanol–water partition coefficient (Wildman–Crippen LogP) is 1.29. The van der Waals surface area contributed by atoms with Crippen LogP contribution in [0, 0.1) is 0 Å². The van der Waals surface area contributed by atoms with E-state index < -0.39 is 0 Å². The van der Waals surface area contributed by atoms with Gasteiger partial charge in [0.05, 0.1) is 19.3 Å². The highest BCUT2D eigenvalue weighted by molar-refractivity contribution is 5.94. The van der Waals surface area contributed by atoms with E-state index >= 15 is 0 Å². The highest BCUT2D eigenvalue weighted by atomic mass is 16.5. The number of carbonyl (C=O) groups is 1. The van der Waals surface area contributed by atoms with Crippen molar-refractivity contribution in [3.05, 3.63) is 29.8 Å². The molecule has 2 unspecified atom stereocenters. The number of benzene rings is 1. The number of hydrogen-bond donors (Lipinski definition) is 1. The first-order valence-corrected chi connectivity index (χ1v) is 7.54. The zero-order valence-corrected chi connectivity index (χ0v) is 12.4. The lowest BCUT2D eigenvalue weighted by Crippen LogP contribution is -2.45. The molecular formula is C16H22N2O3. The van der Waals surface area contributed by atoms with Gasteiger partial charge in [-0.05, 0) is 31.0 Å². The summed E-state index contributed by atoms with van der Waals surface area (Å²) in [5.74, 6) is 0.650. The van der Waals surface area contributed by atoms with Gasteiger partial charge in [0.2, 0.25) is 0 Å². The molecule has 2 bridgehead atoms. The molecule has 1 amide bonds. The van der Waals surface area contributed by atoms with Crippen LogP contribution in [0.3, 0.4) is 0 Å². The quantitative estimate of drug-likeness (QED) is 0.888. The monoisotopic (exact) mass is 290 g/mol. The molecule has 1 aromatic carbocycles. The zero-order chi connectivity index (χ0) is 14.7. The third kappa shape index (κ3) is 3.54. The average Bonchev–Trinajstić information content (AvgIpc) is 2.86. The fourth-order valence-corrected chi connectivity index (χ4v) is 3.08. The summed E-state index contributed by atoms with van der Waals surface area (Å²) in [6.07, 6.45) is 3.16. The van der Waals surface area contributed by atoms with Crippen LogP contribution in [-0.2, 0) is 4.74 Å². The van der Waals surface area contributed by atoms with Gasteiger partial charge in [-0.15, -0.1) is 0 Å². The number of amides is 1. The summed E-state index contributed by atoms with van der Waals surface area (Å²) in [4.78, 5) is 14.5. The molecule has 2 saturated heterocycles. The first-order valence-electron chi connectivity index (χ1n) is 7.54. The molecule has 5 heteroatoms. The molecule has 0 aliphatic carbocycles. The molecule has 5 nitrogen and oxygen atoms in total. The van der Waals surface area contributed by atoms with E-state index in [1.54, 1.807) is 19.2 Å². The Labute approximate surface area is 125 Å². The van der Waals surface area contributed by atoms with Crippen LogP contribution >= 0.6 is 0 Å². The molecule has 2 fully saturated rings. The van der Waals surface area contributed by atoms with Crippen LogP contribution in [0.4, 0.5) is 0 Å². The van der Waals surface area contributed by atoms with E-state index in [0.717, 1.165) is 19.6 Å². The molecule has 21 heavy (non-hydrogen) atoms. The van der Waals surface area contributed by atoms with Crippen LogP contribution in [0.2, 0.25) is 0 Å². The molecule has 0 spiro atoms. The average molecular weight is 290 g/mol. The maximum atomic E-state index is 12.1. The van der Waals surface area contributed by atoms with E-state index in [2.05, 4.69) is 10.2 Å². The van der Waals surface area contributed by atoms with Crippen molar-refractivity contribution in [1.82, 2.24) is 10.2 Å². The first kappa shape index (κ1) is 14.4. The molecule has 2 heterocycles. The molecule has 0 aromatic heterocycles. The minimum Gasteiger partial charge on any atom is -0.497 e. The van der Waals surface area contributed by atoms with E-state index in [9.17, 15) is 4.79 Å². The van der Waals surface area contributed by atoms with Gasteiger partial charge in [-0.3, -0.25) is 9.69 Å². The smallest absolute Gasteiger partial charge is 0.251 e. The van der Waals surface area contributed by atoms with Crippen LogP contribution in [-0.4, -0.2) is 56.3 Å². The van der Waals surface area contributed by atoms with Gasteiger partial charge in [0.1, 0.15) is 5.75 Å². The second kappa shape index (κ2) is 6.45. The normalized spacial score (nSPS) is 24.8. The third-order valence-electron chi connectivity index (χ3n) is 4.16. The number of nitrogens with one attached hydrogen (secondary N) is 1. The standard InChI is InChI=1S/C16H22N2O3/c1-20-13-4-2-3-12(9-13)16(19)17-7-8-18-10-14-5-6-15(11-18)21-14/h2-4,9,14-15H,5-8,10-11H2,1H3,(H,17,19). The number of rotatable bonds is 5. The lowest BCUT2D eigenvalue weighted by molar-refractivity contribution is -0.0375. The lowest BCUT2D eigenvalue weighted by Gasteiger charge is -2.31. The number of morpholine rings is 1. The molecule has 0 radical (unpaired) electrons. The van der Waals surface area contributed by atoms with Crippen LogP contribution in [0.5, 0.6) is 5.75 Å². The fraction of sp³-hybridized carbons (Fsp3) is 0.562. The summed E-state index contributed by atoms with van der Waals surface area (Å²) in [5.41, 5.74) is 0.636. The minimum absolute atomic E-state index is 0.0508. The van der Waals surface area contributed by atoms with Gasteiger partial charge in [0.15, 0.2) is 0 Å². The van der Waals surface area contributed by atoms with Crippen molar-refractivity contribution in [3.63, 3.8) is 0 Å². The maximum Gasteiger partial charge on any atom is 0.251 e. The van der Waals surface area contributed by atoms with E-state index in [1.165, 1.54) is 12.8 Å². The summed E-state index contributed by atoms with van der Waals surface area (Å²) >= 11 is 0. The van der Waals surface area contributed by atoms with Gasteiger partial charge in [0.25, 0.3) is 5.91 Å². The van der Waals surface area contributed by atoms with E-state index in [1.807, 2.05) is 12.1 Å². The summed E-state index contributed by atoms with van der Waals surface area (Å²) in [7, 11) is 1.60. The second-order valence-electron chi connectivity index (χ2n) is 5.70. The number of methoxy groups -OCH3 is 1. The molecule has 2 aliphatic heterocycles. The highest BCUT2D eigenvalue weighted by Crippen LogP contribution is 2.25. The number of likely N-dealkylation sites (tertiary alicyclic amines) is 1. The van der Waals surface area contributed by atoms with Gasteiger partial charge < -0.3 is 14.8 Å². The Hall–Kier alpha value is -1.59. The lowest BCUT2D eigenvalue weighted by atomic mass is 10.2. The van der Waals surface area contributed by atoms with E-state index in [-0.39, 0.29) is 5.91 Å². The van der Waals surface area contributed by atoms with Crippen molar-refractivity contribution in [1.29, 1.82) is 0 Å². The van der Waals surface area contributed by atoms with Crippen LogP contribution in [0.1, 0.15) is 23.2 Å². The zero-order valence-electron chi connectivity index (χ0n) is 12.4. The number of fused-ring (bicyclic) bond motifs is 2. The van der Waals surface area contributed by atoms with Crippen molar-refractivity contribution in [3.8, 4) is 5.75 Å². The molecule has 2 aliphatic rings. The van der Waals surface area contributed by atoms with Crippen molar-refractivity contribution in [2.24, 2.45) is 0 Å². The number of hydrogen-bond acceptors (Lipinski definition) is 4. The Balaban J connectivity index is 1.45. The number of carbonyl (C=O) groups excluding carboxylic acids is 1. The molecule has 2 atom stereocenters. The van der Waals surface area contributed by atoms with Gasteiger partial charge in [0, 0.05) is 31.7 Å². The van der Waals surface area contributed by atoms with Crippen LogP contribution in [0.15, 0.2) is 24.3 Å². The van der Waals surface area contributed by atoms with Crippen LogP contribution < -0.4 is 10.1 Å². The minimum atomic E-state index is -0.0508. The Morgan fingerprint density at radius 3 is 2.86 bits per heavy atom. The Bertz CT molecular complexity index is 494. The summed E-state index contributed by atoms with van der Waals surface area (Å²) in [5, 5.41) is 2.97. The number of nitrogens with zero attached hydrogens (tertiary/aromatic N) is 1. The molecule has 1 N–H and O–H groups in total. The van der Waals surface area contributed by atoms with Gasteiger partial charge in [-0.2, -0.15) is 0 Å². The third-order valence-corrected chi connectivity index (χ3v) is 4.16. The first-order chi connectivity index (χ1) is 10.2. The van der Waals surface area contributed by atoms with Crippen molar-refractivity contribution >= 4 is 5.91 Å². The van der Waals surface area contributed by atoms with Crippen molar-refractivity contribution in [2.75, 3.05) is 33.3 Å². The highest BCUT2D eigenvalue weighted by Gasteiger charge is 2.33. The van der Waals surface area contributed by atoms with Gasteiger partial charge in [-0.1, -0.05) is 6.07 Å². The summed E-state index contributed by atoms with van der Waals surface area (Å²) in [6, 6.07) is 7.21.